The third-order valence-corrected chi connectivity index (χ3v) is 4.08. The number of anilines is 1. The van der Waals surface area contributed by atoms with Crippen molar-refractivity contribution in [2.45, 2.75) is 18.7 Å². The summed E-state index contributed by atoms with van der Waals surface area (Å²) in [6.07, 6.45) is 0. The van der Waals surface area contributed by atoms with Crippen molar-refractivity contribution in [1.29, 1.82) is 0 Å². The predicted molar refractivity (Wildman–Crippen MR) is 78.9 cm³/mol. The highest BCUT2D eigenvalue weighted by Crippen LogP contribution is 2.24. The van der Waals surface area contributed by atoms with Crippen LogP contribution in [0.25, 0.3) is 0 Å². The molecule has 0 atom stereocenters. The first-order chi connectivity index (χ1) is 9.06. The number of carbonyl (C=O) groups is 1. The molecule has 1 amide bonds. The molecule has 2 rings (SSSR count). The van der Waals surface area contributed by atoms with Crippen molar-refractivity contribution in [3.8, 4) is 0 Å². The number of benzene rings is 1. The Morgan fingerprint density at radius 1 is 1.37 bits per heavy atom. The van der Waals surface area contributed by atoms with Crippen molar-refractivity contribution in [2.24, 2.45) is 0 Å². The van der Waals surface area contributed by atoms with Gasteiger partial charge < -0.3 is 5.32 Å². The number of thioether (sulfide) groups is 1. The molecule has 2 aromatic rings. The van der Waals surface area contributed by atoms with Gasteiger partial charge in [0.15, 0.2) is 0 Å². The van der Waals surface area contributed by atoms with Gasteiger partial charge in [-0.25, -0.2) is 0 Å². The number of aryl methyl sites for hydroxylation is 2. The third kappa shape index (κ3) is 3.75. The van der Waals surface area contributed by atoms with Crippen molar-refractivity contribution < 1.29 is 4.79 Å². The van der Waals surface area contributed by atoms with Gasteiger partial charge in [-0.3, -0.25) is 9.89 Å². The van der Waals surface area contributed by atoms with Gasteiger partial charge >= 0.3 is 0 Å². The van der Waals surface area contributed by atoms with Crippen LogP contribution in [0.3, 0.4) is 0 Å². The monoisotopic (exact) mass is 295 g/mol. The average Bonchev–Trinajstić information content (AvgIpc) is 2.70. The van der Waals surface area contributed by atoms with Crippen LogP contribution in [-0.4, -0.2) is 21.9 Å². The number of nitrogens with zero attached hydrogens (tertiary/aromatic N) is 1. The van der Waals surface area contributed by atoms with Crippen LogP contribution < -0.4 is 5.32 Å². The average molecular weight is 296 g/mol. The number of aromatic amines is 1. The van der Waals surface area contributed by atoms with Gasteiger partial charge in [0.25, 0.3) is 0 Å². The number of aromatic nitrogens is 2. The number of rotatable bonds is 4. The van der Waals surface area contributed by atoms with Crippen LogP contribution in [0, 0.1) is 13.8 Å². The summed E-state index contributed by atoms with van der Waals surface area (Å²) in [6, 6.07) is 7.04. The van der Waals surface area contributed by atoms with Crippen LogP contribution in [0.2, 0.25) is 5.02 Å². The molecule has 2 N–H and O–H groups in total. The van der Waals surface area contributed by atoms with Crippen LogP contribution in [0.15, 0.2) is 29.2 Å². The number of nitrogens with one attached hydrogen (secondary N) is 2. The SMILES string of the molecule is Cc1n[nH]c(C)c1SCC(=O)Nc1ccc(Cl)cc1. The van der Waals surface area contributed by atoms with Crippen molar-refractivity contribution in [2.75, 3.05) is 11.1 Å². The zero-order chi connectivity index (χ0) is 13.8. The Balaban J connectivity index is 1.90. The van der Waals surface area contributed by atoms with E-state index in [2.05, 4.69) is 15.5 Å². The van der Waals surface area contributed by atoms with Gasteiger partial charge in [0.2, 0.25) is 5.91 Å². The highest BCUT2D eigenvalue weighted by molar-refractivity contribution is 8.00. The van der Waals surface area contributed by atoms with E-state index < -0.39 is 0 Å². The molecular formula is C13H14ClN3OS. The summed E-state index contributed by atoms with van der Waals surface area (Å²) >= 11 is 7.26. The fraction of sp³-hybridized carbons (Fsp3) is 0.231. The second-order valence-corrected chi connectivity index (χ2v) is 5.53. The molecule has 1 aromatic carbocycles. The van der Waals surface area contributed by atoms with Gasteiger partial charge in [0, 0.05) is 16.4 Å². The fourth-order valence-electron chi connectivity index (χ4n) is 1.62. The smallest absolute Gasteiger partial charge is 0.234 e. The van der Waals surface area contributed by atoms with Crippen molar-refractivity contribution in [1.82, 2.24) is 10.2 Å². The summed E-state index contributed by atoms with van der Waals surface area (Å²) < 4.78 is 0. The first-order valence-corrected chi connectivity index (χ1v) is 7.12. The van der Waals surface area contributed by atoms with Crippen molar-refractivity contribution in [3.05, 3.63) is 40.7 Å². The lowest BCUT2D eigenvalue weighted by atomic mass is 10.3. The summed E-state index contributed by atoms with van der Waals surface area (Å²) in [5.41, 5.74) is 2.65. The van der Waals surface area contributed by atoms with Gasteiger partial charge in [-0.2, -0.15) is 5.10 Å². The van der Waals surface area contributed by atoms with Crippen LogP contribution in [-0.2, 0) is 4.79 Å². The molecule has 0 aliphatic carbocycles. The largest absolute Gasteiger partial charge is 0.325 e. The standard InChI is InChI=1S/C13H14ClN3OS/c1-8-13(9(2)17-16-8)19-7-12(18)15-11-5-3-10(14)4-6-11/h3-6H,7H2,1-2H3,(H,15,18)(H,16,17). The summed E-state index contributed by atoms with van der Waals surface area (Å²) in [5.74, 6) is 0.302. The minimum Gasteiger partial charge on any atom is -0.325 e. The Bertz CT molecular complexity index is 561. The fourth-order valence-corrected chi connectivity index (χ4v) is 2.61. The van der Waals surface area contributed by atoms with Crippen LogP contribution >= 0.6 is 23.4 Å². The number of hydrogen-bond acceptors (Lipinski definition) is 3. The van der Waals surface area contributed by atoms with Crippen molar-refractivity contribution >= 4 is 35.0 Å². The topological polar surface area (TPSA) is 57.8 Å². The molecule has 6 heteroatoms. The molecule has 0 bridgehead atoms. The maximum absolute atomic E-state index is 11.8. The Hall–Kier alpha value is -1.46. The summed E-state index contributed by atoms with van der Waals surface area (Å²) in [5, 5.41) is 10.5. The Kier molecular flexibility index (Phi) is 4.50. The minimum atomic E-state index is -0.0488. The molecule has 0 aliphatic rings. The molecule has 0 saturated carbocycles. The van der Waals surface area contributed by atoms with E-state index in [1.165, 1.54) is 11.8 Å². The van der Waals surface area contributed by atoms with E-state index in [4.69, 9.17) is 11.6 Å². The molecule has 100 valence electrons. The Morgan fingerprint density at radius 3 is 2.63 bits per heavy atom. The maximum atomic E-state index is 11.8. The number of halogens is 1. The van der Waals surface area contributed by atoms with Crippen LogP contribution in [0.4, 0.5) is 5.69 Å². The third-order valence-electron chi connectivity index (χ3n) is 2.54. The van der Waals surface area contributed by atoms with Gasteiger partial charge in [0.05, 0.1) is 16.3 Å². The zero-order valence-corrected chi connectivity index (χ0v) is 12.2. The van der Waals surface area contributed by atoms with Gasteiger partial charge in [-0.05, 0) is 38.1 Å². The molecule has 1 heterocycles. The first kappa shape index (κ1) is 14.0. The van der Waals surface area contributed by atoms with Gasteiger partial charge in [-0.15, -0.1) is 11.8 Å². The molecule has 4 nitrogen and oxygen atoms in total. The molecule has 0 fully saturated rings. The lowest BCUT2D eigenvalue weighted by molar-refractivity contribution is -0.113. The molecular weight excluding hydrogens is 282 g/mol. The number of amides is 1. The van der Waals surface area contributed by atoms with E-state index in [9.17, 15) is 4.79 Å². The second kappa shape index (κ2) is 6.12. The van der Waals surface area contributed by atoms with E-state index in [0.29, 0.717) is 10.8 Å². The number of hydrogen-bond donors (Lipinski definition) is 2. The van der Waals surface area contributed by atoms with E-state index >= 15 is 0 Å². The van der Waals surface area contributed by atoms with E-state index in [1.807, 2.05) is 13.8 Å². The lowest BCUT2D eigenvalue weighted by Gasteiger charge is -2.05. The highest BCUT2D eigenvalue weighted by atomic mass is 35.5. The number of H-pyrrole nitrogens is 1. The number of carbonyl (C=O) groups excluding carboxylic acids is 1. The predicted octanol–water partition coefficient (Wildman–Crippen LogP) is 3.41. The first-order valence-electron chi connectivity index (χ1n) is 5.76. The van der Waals surface area contributed by atoms with Gasteiger partial charge in [0.1, 0.15) is 0 Å². The Morgan fingerprint density at radius 2 is 2.05 bits per heavy atom. The molecule has 0 unspecified atom stereocenters. The molecule has 0 aliphatic heterocycles. The molecule has 0 radical (unpaired) electrons. The lowest BCUT2D eigenvalue weighted by Crippen LogP contribution is -2.13. The van der Waals surface area contributed by atoms with Crippen LogP contribution in [0.5, 0.6) is 0 Å². The summed E-state index contributed by atoms with van der Waals surface area (Å²) in [4.78, 5) is 12.9. The van der Waals surface area contributed by atoms with Gasteiger partial charge in [-0.1, -0.05) is 11.6 Å². The molecule has 1 aromatic heterocycles. The summed E-state index contributed by atoms with van der Waals surface area (Å²) in [7, 11) is 0. The zero-order valence-electron chi connectivity index (χ0n) is 10.7. The molecule has 0 saturated heterocycles. The van der Waals surface area contributed by atoms with E-state index in [1.54, 1.807) is 24.3 Å². The maximum Gasteiger partial charge on any atom is 0.234 e. The normalized spacial score (nSPS) is 10.5. The minimum absolute atomic E-state index is 0.0488. The van der Waals surface area contributed by atoms with Crippen molar-refractivity contribution in [3.63, 3.8) is 0 Å². The second-order valence-electron chi connectivity index (χ2n) is 4.11. The highest BCUT2D eigenvalue weighted by Gasteiger charge is 2.10. The molecule has 0 spiro atoms. The molecule has 19 heavy (non-hydrogen) atoms. The van der Waals surface area contributed by atoms with Crippen LogP contribution in [0.1, 0.15) is 11.4 Å². The van der Waals surface area contributed by atoms with E-state index in [0.717, 1.165) is 22.0 Å². The summed E-state index contributed by atoms with van der Waals surface area (Å²) in [6.45, 7) is 3.86. The Labute approximate surface area is 120 Å². The quantitative estimate of drug-likeness (QED) is 0.850. The van der Waals surface area contributed by atoms with E-state index in [-0.39, 0.29) is 5.91 Å².